The molecule has 0 spiro atoms. The quantitative estimate of drug-likeness (QED) is 0.385. The van der Waals surface area contributed by atoms with Gasteiger partial charge in [0.2, 0.25) is 16.3 Å². The van der Waals surface area contributed by atoms with Crippen LogP contribution < -0.4 is 0 Å². The summed E-state index contributed by atoms with van der Waals surface area (Å²) in [6, 6.07) is 0. The third kappa shape index (κ3) is 20.1. The summed E-state index contributed by atoms with van der Waals surface area (Å²) in [4.78, 5) is 6.99. The second-order valence-electron chi connectivity index (χ2n) is 4.53. The highest BCUT2D eigenvalue weighted by atomic mass is 31.1. The molecule has 0 bridgehead atoms. The zero-order valence-electron chi connectivity index (χ0n) is 11.2. The van der Waals surface area contributed by atoms with Gasteiger partial charge in [-0.25, -0.2) is 4.57 Å². The van der Waals surface area contributed by atoms with Crippen molar-refractivity contribution in [2.24, 2.45) is 0 Å². The minimum Gasteiger partial charge on any atom is -0.310 e. The predicted octanol–water partition coefficient (Wildman–Crippen LogP) is 4.14. The lowest BCUT2D eigenvalue weighted by molar-refractivity contribution is 0.524. The second kappa shape index (κ2) is 18.0. The molecule has 0 fully saturated rings. The van der Waals surface area contributed by atoms with Crippen molar-refractivity contribution in [3.8, 4) is 0 Å². The standard InChI is InChI=1S/C12H25.Al.HO2P.2H/c1-3-5-7-9-11-12-10-8-6-4-2;;1-3-2;;/h11H,3-10,12H2,1-2H3;;(H,1,2);;. The Bertz CT molecular complexity index is 134. The first kappa shape index (κ1) is 18.9. The Morgan fingerprint density at radius 1 is 1.00 bits per heavy atom. The summed E-state index contributed by atoms with van der Waals surface area (Å²) in [5.74, 6) is 0. The fourth-order valence-corrected chi connectivity index (χ4v) is 2.62. The van der Waals surface area contributed by atoms with Crippen LogP contribution in [0.25, 0.3) is 0 Å². The lowest BCUT2D eigenvalue weighted by Gasteiger charge is -2.10. The molecule has 96 valence electrons. The Hall–Kier alpha value is 0.592. The molecule has 1 N–H and O–H groups in total. The van der Waals surface area contributed by atoms with E-state index in [4.69, 9.17) is 9.46 Å². The zero-order chi connectivity index (χ0) is 12.6. The third-order valence-electron chi connectivity index (χ3n) is 2.85. The molecule has 0 aromatic heterocycles. The van der Waals surface area contributed by atoms with E-state index < -0.39 is 8.69 Å². The summed E-state index contributed by atoms with van der Waals surface area (Å²) >= 11 is 1.42. The van der Waals surface area contributed by atoms with Crippen molar-refractivity contribution < 1.29 is 9.46 Å². The first-order valence-electron chi connectivity index (χ1n) is 6.69. The van der Waals surface area contributed by atoms with Crippen molar-refractivity contribution in [2.45, 2.75) is 76.4 Å². The van der Waals surface area contributed by atoms with Crippen molar-refractivity contribution in [1.29, 1.82) is 0 Å². The van der Waals surface area contributed by atoms with Gasteiger partial charge in [-0.1, -0.05) is 76.4 Å². The number of unbranched alkanes of at least 4 members (excludes halogenated alkanes) is 5. The van der Waals surface area contributed by atoms with E-state index in [0.29, 0.717) is 0 Å². The van der Waals surface area contributed by atoms with Gasteiger partial charge in [0.15, 0.2) is 0 Å². The molecule has 0 aliphatic carbocycles. The highest BCUT2D eigenvalue weighted by molar-refractivity contribution is 7.16. The van der Waals surface area contributed by atoms with E-state index in [1.54, 1.807) is 0 Å². The first-order valence-corrected chi connectivity index (χ1v) is 8.61. The second-order valence-corrected chi connectivity index (χ2v) is 6.33. The van der Waals surface area contributed by atoms with Crippen molar-refractivity contribution in [2.75, 3.05) is 0 Å². The van der Waals surface area contributed by atoms with E-state index in [1.165, 1.54) is 74.1 Å². The first-order chi connectivity index (χ1) is 7.72. The lowest BCUT2D eigenvalue weighted by Crippen LogP contribution is -1.93. The van der Waals surface area contributed by atoms with Gasteiger partial charge in [0.1, 0.15) is 0 Å². The van der Waals surface area contributed by atoms with E-state index in [9.17, 15) is 0 Å². The van der Waals surface area contributed by atoms with Gasteiger partial charge < -0.3 is 4.89 Å². The smallest absolute Gasteiger partial charge is 0.310 e. The molecule has 0 saturated carbocycles. The Labute approximate surface area is 111 Å². The monoisotopic (exact) mass is 262 g/mol. The van der Waals surface area contributed by atoms with Crippen LogP contribution in [0.1, 0.15) is 71.6 Å². The fraction of sp³-hybridized carbons (Fsp3) is 1.00. The maximum Gasteiger partial charge on any atom is 0.324 e. The summed E-state index contributed by atoms with van der Waals surface area (Å²) in [6.07, 6.45) is 13.2. The van der Waals surface area contributed by atoms with Gasteiger partial charge in [-0.05, 0) is 0 Å². The maximum absolute atomic E-state index is 8.46. The molecule has 2 nitrogen and oxygen atoms in total. The molecule has 0 radical (unpaired) electrons. The molecule has 1 atom stereocenters. The summed E-state index contributed by atoms with van der Waals surface area (Å²) in [5, 5.41) is 0. The Morgan fingerprint density at radius 2 is 1.38 bits per heavy atom. The van der Waals surface area contributed by atoms with Gasteiger partial charge >= 0.3 is 8.69 Å². The van der Waals surface area contributed by atoms with Crippen LogP contribution in [-0.4, -0.2) is 21.2 Å². The molecule has 0 aromatic carbocycles. The van der Waals surface area contributed by atoms with Crippen LogP contribution in [0.4, 0.5) is 0 Å². The molecular formula is C12H28AlO2P. The summed E-state index contributed by atoms with van der Waals surface area (Å²) in [6.45, 7) is 4.59. The molecule has 0 aromatic rings. The highest BCUT2D eigenvalue weighted by Crippen LogP contribution is 2.19. The molecular weight excluding hydrogens is 234 g/mol. The highest BCUT2D eigenvalue weighted by Gasteiger charge is 2.01. The van der Waals surface area contributed by atoms with E-state index in [2.05, 4.69) is 13.8 Å². The van der Waals surface area contributed by atoms with Gasteiger partial charge in [-0.3, -0.25) is 0 Å². The SMILES string of the molecule is CCCCCC[CH]([AlH2])CCCCC.O=PO. The van der Waals surface area contributed by atoms with Crippen molar-refractivity contribution in [3.05, 3.63) is 0 Å². The van der Waals surface area contributed by atoms with Crippen LogP contribution >= 0.6 is 8.69 Å². The molecule has 16 heavy (non-hydrogen) atoms. The van der Waals surface area contributed by atoms with Crippen LogP contribution in [-0.2, 0) is 4.57 Å². The van der Waals surface area contributed by atoms with Crippen molar-refractivity contribution in [3.63, 3.8) is 0 Å². The molecule has 0 aliphatic heterocycles. The third-order valence-corrected chi connectivity index (χ3v) is 4.01. The Balaban J connectivity index is 0. The predicted molar refractivity (Wildman–Crippen MR) is 75.0 cm³/mol. The van der Waals surface area contributed by atoms with Crippen LogP contribution in [0.3, 0.4) is 0 Å². The van der Waals surface area contributed by atoms with Crippen molar-refractivity contribution in [1.82, 2.24) is 0 Å². The van der Waals surface area contributed by atoms with E-state index >= 15 is 0 Å². The molecule has 0 saturated heterocycles. The average Bonchev–Trinajstić information content (AvgIpc) is 2.26. The summed E-state index contributed by atoms with van der Waals surface area (Å²) in [7, 11) is -0.833. The van der Waals surface area contributed by atoms with Crippen molar-refractivity contribution >= 4 is 25.0 Å². The minimum atomic E-state index is -0.833. The van der Waals surface area contributed by atoms with E-state index in [-0.39, 0.29) is 0 Å². The minimum absolute atomic E-state index is 0.833. The van der Waals surface area contributed by atoms with Gasteiger partial charge in [0, 0.05) is 0 Å². The topological polar surface area (TPSA) is 37.3 Å². The van der Waals surface area contributed by atoms with Gasteiger partial charge in [0.25, 0.3) is 0 Å². The van der Waals surface area contributed by atoms with Gasteiger partial charge in [-0.15, -0.1) is 0 Å². The average molecular weight is 262 g/mol. The van der Waals surface area contributed by atoms with Crippen LogP contribution in [0, 0.1) is 0 Å². The largest absolute Gasteiger partial charge is 0.324 e. The molecule has 1 unspecified atom stereocenters. The number of rotatable bonds is 9. The Morgan fingerprint density at radius 3 is 1.81 bits per heavy atom. The lowest BCUT2D eigenvalue weighted by atomic mass is 10.1. The summed E-state index contributed by atoms with van der Waals surface area (Å²) in [5.41, 5.74) is 0. The zero-order valence-corrected chi connectivity index (χ0v) is 14.1. The molecule has 0 aliphatic rings. The van der Waals surface area contributed by atoms with Crippen LogP contribution in [0.15, 0.2) is 0 Å². The van der Waals surface area contributed by atoms with Gasteiger partial charge in [0.05, 0.1) is 0 Å². The molecule has 0 rings (SSSR count). The normalized spacial score (nSPS) is 11.9. The van der Waals surface area contributed by atoms with Crippen LogP contribution in [0.2, 0.25) is 4.78 Å². The van der Waals surface area contributed by atoms with Gasteiger partial charge in [-0.2, -0.15) is 0 Å². The fourth-order valence-electron chi connectivity index (χ4n) is 1.81. The molecule has 0 heterocycles. The van der Waals surface area contributed by atoms with E-state index in [1.807, 2.05) is 0 Å². The summed E-state index contributed by atoms with van der Waals surface area (Å²) < 4.78 is 9.57. The molecule has 0 amide bonds. The number of hydrogen-bond donors (Lipinski definition) is 1. The van der Waals surface area contributed by atoms with E-state index in [0.717, 1.165) is 4.78 Å². The maximum atomic E-state index is 8.46. The van der Waals surface area contributed by atoms with Crippen LogP contribution in [0.5, 0.6) is 0 Å². The molecule has 4 heteroatoms. The Kier molecular flexibility index (Phi) is 21.3. The number of hydrogen-bond acceptors (Lipinski definition) is 1.